The fraction of sp³-hybridized carbons (Fsp3) is 0.727. The van der Waals surface area contributed by atoms with E-state index in [1.807, 2.05) is 0 Å². The number of esters is 3. The quantitative estimate of drug-likeness (QED) is 0.123. The Labute approximate surface area is 305 Å². The molecular formula is C33H49KN2O8. The van der Waals surface area contributed by atoms with Crippen molar-refractivity contribution < 1.29 is 90.6 Å². The van der Waals surface area contributed by atoms with Crippen LogP contribution in [0, 0.1) is 63.1 Å². The molecule has 0 bridgehead atoms. The van der Waals surface area contributed by atoms with Crippen LogP contribution in [0.5, 0.6) is 0 Å². The number of nitriles is 2. The Morgan fingerprint density at radius 1 is 0.841 bits per heavy atom. The van der Waals surface area contributed by atoms with E-state index in [9.17, 15) is 24.9 Å². The molecule has 11 heteroatoms. The van der Waals surface area contributed by atoms with E-state index < -0.39 is 28.7 Å². The van der Waals surface area contributed by atoms with Gasteiger partial charge in [0.25, 0.3) is 0 Å². The number of aliphatic hydroxyl groups excluding tert-OH is 1. The van der Waals surface area contributed by atoms with E-state index >= 15 is 0 Å². The molecule has 4 aliphatic rings. The summed E-state index contributed by atoms with van der Waals surface area (Å²) in [7, 11) is 0. The Hall–Kier alpha value is -1.57. The Kier molecular flexibility index (Phi) is 19.1. The zero-order valence-corrected chi connectivity index (χ0v) is 30.7. The van der Waals surface area contributed by atoms with Gasteiger partial charge in [-0.1, -0.05) is 37.1 Å². The number of carbonyl (C=O) groups excluding carboxylic acids is 3. The maximum absolute atomic E-state index is 12.3. The van der Waals surface area contributed by atoms with E-state index in [-0.39, 0.29) is 101 Å². The molecule has 4 rings (SSSR count). The minimum absolute atomic E-state index is 0. The van der Waals surface area contributed by atoms with Crippen molar-refractivity contribution in [2.45, 2.75) is 86.5 Å². The van der Waals surface area contributed by atoms with Gasteiger partial charge in [0.1, 0.15) is 0 Å². The molecule has 2 N–H and O–H groups in total. The Bertz CT molecular complexity index is 1110. The van der Waals surface area contributed by atoms with Crippen molar-refractivity contribution in [1.29, 1.82) is 10.5 Å². The first-order valence-electron chi connectivity index (χ1n) is 15.4. The van der Waals surface area contributed by atoms with Gasteiger partial charge in [-0.25, -0.2) is 0 Å². The molecule has 4 aliphatic carbocycles. The van der Waals surface area contributed by atoms with Crippen molar-refractivity contribution in [2.24, 2.45) is 40.4 Å². The summed E-state index contributed by atoms with van der Waals surface area (Å²) in [5, 5.41) is 26.7. The molecule has 6 atom stereocenters. The van der Waals surface area contributed by atoms with Crippen molar-refractivity contribution in [1.82, 2.24) is 0 Å². The third kappa shape index (κ3) is 9.25. The second-order valence-corrected chi connectivity index (χ2v) is 11.4. The normalized spacial score (nSPS) is 28.2. The summed E-state index contributed by atoms with van der Waals surface area (Å²) >= 11 is 0. The number of aliphatic hydroxyl groups is 1. The molecule has 0 aromatic heterocycles. The number of allylic oxidation sites excluding steroid dienone is 4. The minimum Gasteiger partial charge on any atom is -0.870 e. The van der Waals surface area contributed by atoms with Gasteiger partial charge in [-0.2, -0.15) is 10.5 Å². The fourth-order valence-corrected chi connectivity index (χ4v) is 7.08. The zero-order chi connectivity index (χ0) is 31.5. The van der Waals surface area contributed by atoms with Crippen LogP contribution in [0.4, 0.5) is 0 Å². The standard InChI is InChI=1S/C17H23NO4.C14H19NO2.C2H6O.K.H2O/c1-4-11-7-12-9-17(10-18,13(12)8-11)14(15(19)21-5-2)16(20)22-6-3;1-3-10-5-11-7-14(9-15,12(11)6-10)8-13(16)17-4-2;1-2-3;;/h8,12-14H,4-7,9H2,1-3H3;6,11-12H,3-5,7-8H2,1-2H3;3H,2H2,1H3;;1H2/q;;;+1;/p-1/t12-,13-,17-;11-,12-,14-;;;/m11.../s1. The van der Waals surface area contributed by atoms with E-state index in [1.165, 1.54) is 11.1 Å². The van der Waals surface area contributed by atoms with Crippen LogP contribution in [0.25, 0.3) is 0 Å². The van der Waals surface area contributed by atoms with Gasteiger partial charge in [0, 0.05) is 12.5 Å². The third-order valence-electron chi connectivity index (χ3n) is 9.02. The van der Waals surface area contributed by atoms with E-state index in [1.54, 1.807) is 27.7 Å². The second kappa shape index (κ2) is 19.8. The van der Waals surface area contributed by atoms with Crippen LogP contribution in [0.15, 0.2) is 23.3 Å². The largest absolute Gasteiger partial charge is 1.00 e. The molecule has 0 heterocycles. The predicted molar refractivity (Wildman–Crippen MR) is 158 cm³/mol. The monoisotopic (exact) mass is 640 g/mol. The average molecular weight is 641 g/mol. The first-order valence-corrected chi connectivity index (χ1v) is 15.4. The Balaban J connectivity index is 0.000000757. The molecule has 0 amide bonds. The summed E-state index contributed by atoms with van der Waals surface area (Å²) in [5.41, 5.74) is 1.26. The maximum atomic E-state index is 12.3. The van der Waals surface area contributed by atoms with Gasteiger partial charge < -0.3 is 24.8 Å². The first kappa shape index (κ1) is 42.4. The summed E-state index contributed by atoms with van der Waals surface area (Å²) in [4.78, 5) is 36.2. The summed E-state index contributed by atoms with van der Waals surface area (Å²) in [5.74, 6) is -1.46. The number of hydrogen-bond acceptors (Lipinski definition) is 10. The van der Waals surface area contributed by atoms with Gasteiger partial charge in [-0.15, -0.1) is 0 Å². The molecule has 240 valence electrons. The van der Waals surface area contributed by atoms with Crippen molar-refractivity contribution in [3.8, 4) is 12.1 Å². The average Bonchev–Trinajstić information content (AvgIpc) is 3.49. The molecule has 0 radical (unpaired) electrons. The van der Waals surface area contributed by atoms with Crippen LogP contribution >= 0.6 is 0 Å². The van der Waals surface area contributed by atoms with E-state index in [2.05, 4.69) is 38.1 Å². The SMILES string of the molecule is CCO.CCOC(=O)C(C(=O)OCC)[C@@]1(C#N)C[C@H]2CC(CC)=C[C@H]21.CCOC(=O)C[C@@]1(C#N)C[C@H]2CC(CC)=C[C@H]21.[K+].[OH-]. The van der Waals surface area contributed by atoms with Gasteiger partial charge in [-0.05, 0) is 84.0 Å². The Morgan fingerprint density at radius 3 is 1.70 bits per heavy atom. The molecule has 0 spiro atoms. The van der Waals surface area contributed by atoms with Crippen LogP contribution in [0.3, 0.4) is 0 Å². The van der Waals surface area contributed by atoms with Crippen molar-refractivity contribution >= 4 is 17.9 Å². The molecule has 0 aromatic carbocycles. The van der Waals surface area contributed by atoms with E-state index in [4.69, 9.17) is 19.3 Å². The summed E-state index contributed by atoms with van der Waals surface area (Å²) in [6.07, 6.45) is 10.1. The summed E-state index contributed by atoms with van der Waals surface area (Å²) < 4.78 is 15.1. The third-order valence-corrected chi connectivity index (χ3v) is 9.02. The van der Waals surface area contributed by atoms with Crippen molar-refractivity contribution in [3.05, 3.63) is 23.3 Å². The van der Waals surface area contributed by atoms with Gasteiger partial charge >= 0.3 is 69.3 Å². The number of nitrogens with zero attached hydrogens (tertiary/aromatic N) is 2. The number of fused-ring (bicyclic) bond motifs is 2. The van der Waals surface area contributed by atoms with Gasteiger partial charge in [-0.3, -0.25) is 14.4 Å². The minimum atomic E-state index is -1.15. The first-order chi connectivity index (χ1) is 20.1. The zero-order valence-electron chi connectivity index (χ0n) is 27.6. The van der Waals surface area contributed by atoms with Gasteiger partial charge in [0.15, 0.2) is 5.92 Å². The molecule has 0 aromatic rings. The van der Waals surface area contributed by atoms with E-state index in [0.29, 0.717) is 24.9 Å². The van der Waals surface area contributed by atoms with Crippen LogP contribution in [-0.2, 0) is 28.6 Å². The predicted octanol–water partition coefficient (Wildman–Crippen LogP) is 2.27. The number of hydrogen-bond donors (Lipinski definition) is 1. The Morgan fingerprint density at radius 2 is 1.30 bits per heavy atom. The number of ether oxygens (including phenoxy) is 3. The summed E-state index contributed by atoms with van der Waals surface area (Å²) in [6.45, 7) is 12.1. The van der Waals surface area contributed by atoms with Crippen molar-refractivity contribution in [3.63, 3.8) is 0 Å². The second-order valence-electron chi connectivity index (χ2n) is 11.4. The molecule has 0 saturated heterocycles. The topological polar surface area (TPSA) is 177 Å². The maximum Gasteiger partial charge on any atom is 1.00 e. The molecule has 10 nitrogen and oxygen atoms in total. The molecule has 44 heavy (non-hydrogen) atoms. The van der Waals surface area contributed by atoms with Crippen LogP contribution < -0.4 is 51.4 Å². The number of carbonyl (C=O) groups is 3. The van der Waals surface area contributed by atoms with Gasteiger partial charge in [0.2, 0.25) is 0 Å². The van der Waals surface area contributed by atoms with Crippen LogP contribution in [-0.4, -0.2) is 54.9 Å². The molecular weight excluding hydrogens is 591 g/mol. The molecule has 2 fully saturated rings. The molecule has 0 aliphatic heterocycles. The van der Waals surface area contributed by atoms with Crippen LogP contribution in [0.1, 0.15) is 86.5 Å². The molecule has 0 unspecified atom stereocenters. The summed E-state index contributed by atoms with van der Waals surface area (Å²) in [6, 6.07) is 4.64. The van der Waals surface area contributed by atoms with Gasteiger partial charge in [0.05, 0.1) is 49.2 Å². The smallest absolute Gasteiger partial charge is 0.870 e. The van der Waals surface area contributed by atoms with Crippen LogP contribution in [0.2, 0.25) is 0 Å². The fourth-order valence-electron chi connectivity index (χ4n) is 7.08. The number of rotatable bonds is 10. The van der Waals surface area contributed by atoms with E-state index in [0.717, 1.165) is 32.1 Å². The van der Waals surface area contributed by atoms with Crippen molar-refractivity contribution in [2.75, 3.05) is 26.4 Å². The molecule has 2 saturated carbocycles.